The van der Waals surface area contributed by atoms with Gasteiger partial charge in [-0.05, 0) is 26.0 Å². The molecule has 0 aliphatic carbocycles. The lowest BCUT2D eigenvalue weighted by Crippen LogP contribution is -2.45. The summed E-state index contributed by atoms with van der Waals surface area (Å²) in [6.45, 7) is 7.19. The van der Waals surface area contributed by atoms with Crippen LogP contribution in [-0.4, -0.2) is 50.5 Å². The third-order valence-electron chi connectivity index (χ3n) is 4.25. The maximum absolute atomic E-state index is 5.94. The molecule has 1 atom stereocenters. The number of fused-ring (bicyclic) bond motifs is 1. The highest BCUT2D eigenvalue weighted by atomic mass is 16.5. The third-order valence-corrected chi connectivity index (χ3v) is 4.25. The van der Waals surface area contributed by atoms with E-state index in [9.17, 15) is 0 Å². The fourth-order valence-corrected chi connectivity index (χ4v) is 3.19. The summed E-state index contributed by atoms with van der Waals surface area (Å²) in [5.74, 6) is 0.970. The Kier molecular flexibility index (Phi) is 3.49. The van der Waals surface area contributed by atoms with Gasteiger partial charge < -0.3 is 14.6 Å². The molecule has 0 aromatic carbocycles. The van der Waals surface area contributed by atoms with Crippen LogP contribution in [0.3, 0.4) is 0 Å². The van der Waals surface area contributed by atoms with Gasteiger partial charge in [0.25, 0.3) is 0 Å². The van der Waals surface area contributed by atoms with Crippen molar-refractivity contribution < 1.29 is 4.74 Å². The maximum Gasteiger partial charge on any atom is 0.142 e. The Morgan fingerprint density at radius 3 is 3.09 bits per heavy atom. The third kappa shape index (κ3) is 2.68. The number of rotatable bonds is 3. The predicted molar refractivity (Wildman–Crippen MR) is 87.5 cm³/mol. The number of morpholine rings is 1. The van der Waals surface area contributed by atoms with Gasteiger partial charge in [-0.3, -0.25) is 4.68 Å². The van der Waals surface area contributed by atoms with E-state index in [1.54, 1.807) is 6.33 Å². The Bertz CT molecular complexity index is 823. The standard InChI is InChI=1S/C16H20N6O/c1-11-7-12(2)22(20-11)9-13-8-21(5-6-23-13)16-14-3-4-17-15(14)18-10-19-16/h3-4,7,10,13H,5-6,8-9H2,1-2H3,(H,17,18,19)/t13-/m0/s1. The van der Waals surface area contributed by atoms with Crippen LogP contribution in [0.25, 0.3) is 11.0 Å². The molecule has 0 bridgehead atoms. The first-order valence-electron chi connectivity index (χ1n) is 7.86. The van der Waals surface area contributed by atoms with Crippen molar-refractivity contribution in [2.45, 2.75) is 26.5 Å². The number of hydrogen-bond acceptors (Lipinski definition) is 5. The summed E-state index contributed by atoms with van der Waals surface area (Å²) in [5.41, 5.74) is 3.08. The van der Waals surface area contributed by atoms with Gasteiger partial charge >= 0.3 is 0 Å². The summed E-state index contributed by atoms with van der Waals surface area (Å²) in [5, 5.41) is 5.59. The molecule has 120 valence electrons. The Balaban J connectivity index is 1.55. The summed E-state index contributed by atoms with van der Waals surface area (Å²) in [4.78, 5) is 14.2. The van der Waals surface area contributed by atoms with Crippen molar-refractivity contribution in [1.82, 2.24) is 24.7 Å². The van der Waals surface area contributed by atoms with Gasteiger partial charge in [-0.1, -0.05) is 0 Å². The first kappa shape index (κ1) is 14.2. The number of nitrogens with zero attached hydrogens (tertiary/aromatic N) is 5. The molecule has 4 heterocycles. The molecular formula is C16H20N6O. The minimum Gasteiger partial charge on any atom is -0.373 e. The van der Waals surface area contributed by atoms with Gasteiger partial charge in [0, 0.05) is 25.0 Å². The predicted octanol–water partition coefficient (Wildman–Crippen LogP) is 1.68. The average molecular weight is 312 g/mol. The number of anilines is 1. The second-order valence-corrected chi connectivity index (χ2v) is 5.99. The van der Waals surface area contributed by atoms with Crippen LogP contribution in [0.4, 0.5) is 5.82 Å². The fraction of sp³-hybridized carbons (Fsp3) is 0.438. The van der Waals surface area contributed by atoms with E-state index in [1.807, 2.05) is 23.9 Å². The zero-order valence-corrected chi connectivity index (χ0v) is 13.4. The smallest absolute Gasteiger partial charge is 0.142 e. The topological polar surface area (TPSA) is 71.9 Å². The van der Waals surface area contributed by atoms with Crippen molar-refractivity contribution in [3.8, 4) is 0 Å². The highest BCUT2D eigenvalue weighted by Crippen LogP contribution is 2.24. The van der Waals surface area contributed by atoms with Gasteiger partial charge in [0.1, 0.15) is 17.8 Å². The van der Waals surface area contributed by atoms with Crippen molar-refractivity contribution in [3.05, 3.63) is 36.0 Å². The SMILES string of the molecule is Cc1cc(C)n(C[C@@H]2CN(c3ncnc4[nH]ccc34)CCO2)n1. The van der Waals surface area contributed by atoms with Crippen molar-refractivity contribution in [3.63, 3.8) is 0 Å². The zero-order chi connectivity index (χ0) is 15.8. The highest BCUT2D eigenvalue weighted by molar-refractivity contribution is 5.87. The molecule has 4 rings (SSSR count). The van der Waals surface area contributed by atoms with Crippen LogP contribution in [0.1, 0.15) is 11.4 Å². The summed E-state index contributed by atoms with van der Waals surface area (Å²) in [7, 11) is 0. The normalized spacial score (nSPS) is 18.7. The molecule has 3 aromatic heterocycles. The summed E-state index contributed by atoms with van der Waals surface area (Å²) in [6.07, 6.45) is 3.61. The number of ether oxygens (including phenoxy) is 1. The van der Waals surface area contributed by atoms with Crippen molar-refractivity contribution in [2.75, 3.05) is 24.6 Å². The molecule has 0 radical (unpaired) electrons. The van der Waals surface area contributed by atoms with Gasteiger partial charge in [0.15, 0.2) is 0 Å². The van der Waals surface area contributed by atoms with Crippen LogP contribution < -0.4 is 4.90 Å². The molecular weight excluding hydrogens is 292 g/mol. The van der Waals surface area contributed by atoms with Crippen LogP contribution in [0.2, 0.25) is 0 Å². The molecule has 7 nitrogen and oxygen atoms in total. The van der Waals surface area contributed by atoms with E-state index in [-0.39, 0.29) is 6.10 Å². The molecule has 0 unspecified atom stereocenters. The van der Waals surface area contributed by atoms with E-state index in [1.165, 1.54) is 5.69 Å². The largest absolute Gasteiger partial charge is 0.373 e. The van der Waals surface area contributed by atoms with E-state index < -0.39 is 0 Å². The van der Waals surface area contributed by atoms with Crippen molar-refractivity contribution in [1.29, 1.82) is 0 Å². The quantitative estimate of drug-likeness (QED) is 0.796. The summed E-state index contributed by atoms with van der Waals surface area (Å²) >= 11 is 0. The Labute approximate surface area is 134 Å². The molecule has 1 N–H and O–H groups in total. The van der Waals surface area contributed by atoms with Gasteiger partial charge in [-0.2, -0.15) is 5.10 Å². The molecule has 1 saturated heterocycles. The molecule has 23 heavy (non-hydrogen) atoms. The number of aryl methyl sites for hydroxylation is 2. The molecule has 3 aromatic rings. The number of aromatic nitrogens is 5. The number of H-pyrrole nitrogens is 1. The zero-order valence-electron chi connectivity index (χ0n) is 13.4. The summed E-state index contributed by atoms with van der Waals surface area (Å²) in [6, 6.07) is 4.12. The van der Waals surface area contributed by atoms with Gasteiger partial charge in [0.05, 0.1) is 30.3 Å². The Hall–Kier alpha value is -2.41. The Morgan fingerprint density at radius 1 is 1.35 bits per heavy atom. The fourth-order valence-electron chi connectivity index (χ4n) is 3.19. The van der Waals surface area contributed by atoms with E-state index >= 15 is 0 Å². The highest BCUT2D eigenvalue weighted by Gasteiger charge is 2.24. The molecule has 0 saturated carbocycles. The number of hydrogen-bond donors (Lipinski definition) is 1. The van der Waals surface area contributed by atoms with Crippen LogP contribution in [0, 0.1) is 13.8 Å². The maximum atomic E-state index is 5.94. The van der Waals surface area contributed by atoms with Crippen molar-refractivity contribution >= 4 is 16.9 Å². The molecule has 1 aliphatic rings. The van der Waals surface area contributed by atoms with Gasteiger partial charge in [0.2, 0.25) is 0 Å². The first-order valence-corrected chi connectivity index (χ1v) is 7.86. The molecule has 7 heteroatoms. The van der Waals surface area contributed by atoms with Crippen LogP contribution in [0.15, 0.2) is 24.7 Å². The monoisotopic (exact) mass is 312 g/mol. The van der Waals surface area contributed by atoms with E-state index in [0.717, 1.165) is 42.2 Å². The second-order valence-electron chi connectivity index (χ2n) is 5.99. The van der Waals surface area contributed by atoms with Gasteiger partial charge in [-0.15, -0.1) is 0 Å². The lowest BCUT2D eigenvalue weighted by Gasteiger charge is -2.34. The van der Waals surface area contributed by atoms with E-state index in [4.69, 9.17) is 4.74 Å². The average Bonchev–Trinajstić information content (AvgIpc) is 3.14. The molecule has 0 spiro atoms. The van der Waals surface area contributed by atoms with Crippen LogP contribution in [-0.2, 0) is 11.3 Å². The Morgan fingerprint density at radius 2 is 2.26 bits per heavy atom. The van der Waals surface area contributed by atoms with Gasteiger partial charge in [-0.25, -0.2) is 9.97 Å². The second kappa shape index (κ2) is 5.66. The molecule has 1 fully saturated rings. The molecule has 0 amide bonds. The number of aromatic amines is 1. The minimum atomic E-state index is 0.103. The van der Waals surface area contributed by atoms with Crippen LogP contribution >= 0.6 is 0 Å². The van der Waals surface area contributed by atoms with Crippen molar-refractivity contribution in [2.24, 2.45) is 0 Å². The number of nitrogens with one attached hydrogen (secondary N) is 1. The first-order chi connectivity index (χ1) is 11.2. The lowest BCUT2D eigenvalue weighted by atomic mass is 10.2. The van der Waals surface area contributed by atoms with Crippen LogP contribution in [0.5, 0.6) is 0 Å². The molecule has 1 aliphatic heterocycles. The summed E-state index contributed by atoms with van der Waals surface area (Å²) < 4.78 is 7.96. The van der Waals surface area contributed by atoms with E-state index in [2.05, 4.69) is 37.9 Å². The minimum absolute atomic E-state index is 0.103. The lowest BCUT2D eigenvalue weighted by molar-refractivity contribution is 0.0268. The van der Waals surface area contributed by atoms with E-state index in [0.29, 0.717) is 6.61 Å².